The number of carbonyl (C=O) groups excluding carboxylic acids is 2. The molecule has 0 saturated carbocycles. The van der Waals surface area contributed by atoms with Crippen molar-refractivity contribution in [3.05, 3.63) is 76.8 Å². The van der Waals surface area contributed by atoms with E-state index in [1.165, 1.54) is 29.5 Å². The van der Waals surface area contributed by atoms with E-state index in [0.717, 1.165) is 28.4 Å². The Kier molecular flexibility index (Phi) is 9.05. The molecule has 3 atom stereocenters. The molecule has 0 bridgehead atoms. The van der Waals surface area contributed by atoms with Crippen LogP contribution in [0.4, 0.5) is 10.9 Å². The van der Waals surface area contributed by atoms with Gasteiger partial charge in [0.25, 0.3) is 18.1 Å². The maximum absolute atomic E-state index is 13.4. The molecule has 0 radical (unpaired) electrons. The fourth-order valence-electron chi connectivity index (χ4n) is 4.46. The predicted octanol–water partition coefficient (Wildman–Crippen LogP) is -0.0572. The van der Waals surface area contributed by atoms with Gasteiger partial charge in [0.1, 0.15) is 29.4 Å². The smallest absolute Gasteiger partial charge is 0.352 e. The summed E-state index contributed by atoms with van der Waals surface area (Å²) in [6, 6.07) is 3.64. The summed E-state index contributed by atoms with van der Waals surface area (Å²) in [5, 5.41) is 45.9. The number of thioether (sulfide) groups is 1. The Morgan fingerprint density at radius 2 is 2.00 bits per heavy atom. The Balaban J connectivity index is 1.34. The average Bonchev–Trinajstić information content (AvgIpc) is 3.45. The van der Waals surface area contributed by atoms with Crippen molar-refractivity contribution in [2.24, 2.45) is 5.16 Å². The van der Waals surface area contributed by atoms with Crippen LogP contribution in [0.25, 0.3) is 0 Å². The zero-order chi connectivity index (χ0) is 33.1. The summed E-state index contributed by atoms with van der Waals surface area (Å²) in [5.41, 5.74) is 10.8. The molecule has 238 valence electrons. The average molecular weight is 670 g/mol. The Morgan fingerprint density at radius 3 is 2.63 bits per heavy atom. The number of phenolic OH excluding ortho intramolecular Hbond substituents is 2. The second-order valence-corrected chi connectivity index (χ2v) is 11.7. The van der Waals surface area contributed by atoms with E-state index in [4.69, 9.17) is 16.3 Å². The van der Waals surface area contributed by atoms with Crippen LogP contribution in [-0.2, 0) is 30.6 Å². The number of oxime groups is 1. The molecule has 2 aromatic heterocycles. The van der Waals surface area contributed by atoms with Crippen LogP contribution in [0, 0.1) is 0 Å². The van der Waals surface area contributed by atoms with Crippen molar-refractivity contribution in [3.63, 3.8) is 0 Å². The van der Waals surface area contributed by atoms with E-state index in [9.17, 15) is 39.6 Å². The first-order valence-electron chi connectivity index (χ1n) is 13.1. The Hall–Kier alpha value is -5.69. The molecule has 17 nitrogen and oxygen atoms in total. The minimum absolute atomic E-state index is 0.0605. The Morgan fingerprint density at radius 1 is 1.22 bits per heavy atom. The first kappa shape index (κ1) is 31.7. The Labute approximate surface area is 267 Å². The van der Waals surface area contributed by atoms with Crippen LogP contribution in [0.5, 0.6) is 11.5 Å². The van der Waals surface area contributed by atoms with E-state index in [2.05, 4.69) is 20.4 Å². The van der Waals surface area contributed by atoms with Crippen molar-refractivity contribution in [1.29, 1.82) is 0 Å². The lowest BCUT2D eigenvalue weighted by Crippen LogP contribution is -2.71. The minimum atomic E-state index is -1.82. The number of hydrogen-bond acceptors (Lipinski definition) is 14. The van der Waals surface area contributed by atoms with E-state index in [1.807, 2.05) is 0 Å². The van der Waals surface area contributed by atoms with Crippen LogP contribution in [0.1, 0.15) is 17.4 Å². The summed E-state index contributed by atoms with van der Waals surface area (Å²) >= 11 is 2.20. The number of hydrogen-bond donors (Lipinski definition) is 7. The lowest BCUT2D eigenvalue weighted by molar-refractivity contribution is -0.689. The number of nitrogens with two attached hydrogens (primary N) is 2. The van der Waals surface area contributed by atoms with Gasteiger partial charge in [0, 0.05) is 22.8 Å². The zero-order valence-electron chi connectivity index (χ0n) is 23.4. The second kappa shape index (κ2) is 13.1. The first-order chi connectivity index (χ1) is 21.9. The van der Waals surface area contributed by atoms with Crippen LogP contribution in [0.3, 0.4) is 0 Å². The third kappa shape index (κ3) is 6.54. The van der Waals surface area contributed by atoms with E-state index < -0.39 is 58.5 Å². The molecule has 2 amide bonds. The number of aliphatic carboxylic acids is 2. The highest BCUT2D eigenvalue weighted by Crippen LogP contribution is 2.40. The van der Waals surface area contributed by atoms with Crippen molar-refractivity contribution >= 4 is 63.5 Å². The maximum Gasteiger partial charge on any atom is 0.352 e. The third-order valence-corrected chi connectivity index (χ3v) is 8.65. The molecule has 2 aliphatic rings. The number of carboxylic acids is 2. The largest absolute Gasteiger partial charge is 0.504 e. The number of phenols is 2. The van der Waals surface area contributed by atoms with Crippen LogP contribution in [0.2, 0.25) is 0 Å². The lowest BCUT2D eigenvalue weighted by Gasteiger charge is -2.49. The van der Waals surface area contributed by atoms with E-state index in [-0.39, 0.29) is 27.8 Å². The van der Waals surface area contributed by atoms with Gasteiger partial charge in [-0.15, -0.1) is 23.1 Å². The summed E-state index contributed by atoms with van der Waals surface area (Å²) in [4.78, 5) is 65.0. The van der Waals surface area contributed by atoms with E-state index >= 15 is 0 Å². The zero-order valence-corrected chi connectivity index (χ0v) is 25.0. The quantitative estimate of drug-likeness (QED) is 0.0464. The third-order valence-electron chi connectivity index (χ3n) is 6.67. The highest BCUT2D eigenvalue weighted by atomic mass is 32.2. The predicted molar refractivity (Wildman–Crippen MR) is 162 cm³/mol. The standard InChI is InChI=1S/C27H24N8O9S2/c28-17-5-7-34(11-30-17)6-1-2-13-9-45-24-19(23(39)35(24)20(13)25(40)41)32-22(38)18(14-10-46-27(29)31-14)33-44-21(26(42)43)12-3-4-15(36)16(37)8-12/h1-5,7-8,10-11,19,21,24,28H,6,9H2,(H7,29,31,32,33,36,37,38,40,41,42,43)/p+1/b2-1+/t19-,21-,24-/m1/s1. The number of β-lactam (4-membered cyclic amide) rings is 1. The molecule has 4 heterocycles. The molecule has 3 aromatic rings. The number of rotatable bonds is 11. The fraction of sp³-hybridized carbons (Fsp3) is 0.185. The molecule has 2 aliphatic heterocycles. The minimum Gasteiger partial charge on any atom is -0.504 e. The van der Waals surface area contributed by atoms with Crippen molar-refractivity contribution in [3.8, 4) is 11.5 Å². The molecule has 1 fully saturated rings. The number of anilines is 2. The van der Waals surface area contributed by atoms with Gasteiger partial charge in [-0.2, -0.15) is 0 Å². The summed E-state index contributed by atoms with van der Waals surface area (Å²) in [6.07, 6.45) is 4.74. The van der Waals surface area contributed by atoms with Crippen LogP contribution in [-0.4, -0.2) is 81.9 Å². The molecule has 5 rings (SSSR count). The van der Waals surface area contributed by atoms with Gasteiger partial charge in [0.05, 0.1) is 6.20 Å². The van der Waals surface area contributed by atoms with E-state index in [1.54, 1.807) is 29.0 Å². The van der Waals surface area contributed by atoms with Crippen LogP contribution >= 0.6 is 23.1 Å². The summed E-state index contributed by atoms with van der Waals surface area (Å²) in [6.45, 7) is 0.367. The highest BCUT2D eigenvalue weighted by Gasteiger charge is 2.54. The number of carbonyl (C=O) groups is 4. The second-order valence-electron chi connectivity index (χ2n) is 9.71. The van der Waals surface area contributed by atoms with Gasteiger partial charge in [-0.1, -0.05) is 17.3 Å². The topological polar surface area (TPSA) is 268 Å². The number of nitrogens with one attached hydrogen (secondary N) is 1. The van der Waals surface area contributed by atoms with Crippen LogP contribution in [0.15, 0.2) is 70.7 Å². The molecular formula is C27H25N8O9S2+. The molecule has 46 heavy (non-hydrogen) atoms. The van der Waals surface area contributed by atoms with Gasteiger partial charge in [-0.3, -0.25) is 14.5 Å². The maximum atomic E-state index is 13.4. The molecule has 19 heteroatoms. The number of aromatic nitrogens is 3. The van der Waals surface area contributed by atoms with Crippen molar-refractivity contribution in [2.75, 3.05) is 17.2 Å². The van der Waals surface area contributed by atoms with Gasteiger partial charge < -0.3 is 42.0 Å². The van der Waals surface area contributed by atoms with Crippen molar-refractivity contribution in [1.82, 2.24) is 20.2 Å². The van der Waals surface area contributed by atoms with Gasteiger partial charge in [-0.05, 0) is 28.8 Å². The molecule has 0 unspecified atom stereocenters. The van der Waals surface area contributed by atoms with Gasteiger partial charge >= 0.3 is 11.9 Å². The number of amides is 2. The lowest BCUT2D eigenvalue weighted by atomic mass is 10.0. The summed E-state index contributed by atoms with van der Waals surface area (Å²) in [7, 11) is 0. The number of nitrogen functional groups attached to an aromatic ring is 2. The molecule has 0 aliphatic carbocycles. The molecule has 0 spiro atoms. The monoisotopic (exact) mass is 669 g/mol. The van der Waals surface area contributed by atoms with Crippen molar-refractivity contribution < 1.29 is 49.0 Å². The number of thiazole rings is 1. The molecule has 1 saturated heterocycles. The summed E-state index contributed by atoms with van der Waals surface area (Å²) in [5.74, 6) is -5.04. The SMILES string of the molecule is Nc1cc[n+](C/C=C/C2=C(C(=O)O)N3C(=O)[C@@H](NC(=O)/C(=N\O[C@@H](C(=O)O)c4ccc(O)c(O)c4)c4csc(N)n4)[C@H]3SC2)cn1. The van der Waals surface area contributed by atoms with Gasteiger partial charge in [-0.25, -0.2) is 19.1 Å². The number of benzene rings is 1. The number of nitrogens with zero attached hydrogens (tertiary/aromatic N) is 5. The number of allylic oxidation sites excluding steroid dienone is 2. The van der Waals surface area contributed by atoms with Gasteiger partial charge in [0.15, 0.2) is 22.3 Å². The first-order valence-corrected chi connectivity index (χ1v) is 15.1. The van der Waals surface area contributed by atoms with E-state index in [0.29, 0.717) is 17.9 Å². The molecular weight excluding hydrogens is 644 g/mol. The number of aromatic hydroxyl groups is 2. The van der Waals surface area contributed by atoms with Crippen LogP contribution < -0.4 is 21.4 Å². The molecule has 1 aromatic carbocycles. The highest BCUT2D eigenvalue weighted by molar-refractivity contribution is 8.00. The van der Waals surface area contributed by atoms with Gasteiger partial charge in [0.2, 0.25) is 11.9 Å². The summed E-state index contributed by atoms with van der Waals surface area (Å²) < 4.78 is 1.72. The number of fused-ring (bicyclic) bond motifs is 1. The number of carboxylic acid groups (broad SMARTS) is 2. The normalized spacial score (nSPS) is 18.6. The fourth-order valence-corrected chi connectivity index (χ4v) is 6.32. The molecule has 9 N–H and O–H groups in total. The van der Waals surface area contributed by atoms with Crippen molar-refractivity contribution in [2.45, 2.75) is 24.1 Å². The Bertz CT molecular complexity index is 1810.